The lowest BCUT2D eigenvalue weighted by atomic mass is 9.95. The number of rotatable bonds is 4. The summed E-state index contributed by atoms with van der Waals surface area (Å²) in [6.45, 7) is 3.82. The highest BCUT2D eigenvalue weighted by Crippen LogP contribution is 2.29. The van der Waals surface area contributed by atoms with Crippen molar-refractivity contribution in [1.82, 2.24) is 20.1 Å². The third kappa shape index (κ3) is 4.31. The monoisotopic (exact) mass is 380 g/mol. The Kier molecular flexibility index (Phi) is 5.53. The van der Waals surface area contributed by atoms with E-state index in [1.54, 1.807) is 0 Å². The van der Waals surface area contributed by atoms with Crippen molar-refractivity contribution >= 4 is 5.91 Å². The fourth-order valence-corrected chi connectivity index (χ4v) is 3.46. The molecule has 0 atom stereocenters. The van der Waals surface area contributed by atoms with E-state index in [0.29, 0.717) is 11.3 Å². The molecule has 2 aromatic rings. The number of alkyl halides is 3. The number of carbonyl (C=O) groups excluding carboxylic acids is 1. The second kappa shape index (κ2) is 7.70. The van der Waals surface area contributed by atoms with Gasteiger partial charge in [0.2, 0.25) is 0 Å². The highest BCUT2D eigenvalue weighted by molar-refractivity contribution is 5.95. The molecular weight excluding hydrogens is 357 g/mol. The molecule has 0 aromatic carbocycles. The minimum atomic E-state index is -4.44. The van der Waals surface area contributed by atoms with Crippen molar-refractivity contribution in [2.24, 2.45) is 0 Å². The molecular formula is C19H23F3N4O. The number of hydrogen-bond acceptors (Lipinski definition) is 3. The van der Waals surface area contributed by atoms with Crippen molar-refractivity contribution < 1.29 is 18.0 Å². The maximum atomic E-state index is 12.7. The van der Waals surface area contributed by atoms with E-state index in [0.717, 1.165) is 37.9 Å². The van der Waals surface area contributed by atoms with E-state index >= 15 is 0 Å². The smallest absolute Gasteiger partial charge is 0.349 e. The summed E-state index contributed by atoms with van der Waals surface area (Å²) in [4.78, 5) is 16.6. The first kappa shape index (κ1) is 19.4. The molecule has 146 valence electrons. The van der Waals surface area contributed by atoms with E-state index < -0.39 is 11.7 Å². The number of amides is 1. The Morgan fingerprint density at radius 3 is 2.44 bits per heavy atom. The lowest BCUT2D eigenvalue weighted by Gasteiger charge is -2.23. The van der Waals surface area contributed by atoms with Gasteiger partial charge < -0.3 is 5.32 Å². The zero-order chi connectivity index (χ0) is 19.6. The number of halogens is 3. The zero-order valence-corrected chi connectivity index (χ0v) is 15.4. The molecule has 0 radical (unpaired) electrons. The molecule has 27 heavy (non-hydrogen) atoms. The van der Waals surface area contributed by atoms with Crippen LogP contribution in [0.5, 0.6) is 0 Å². The Labute approximate surface area is 156 Å². The Hall–Kier alpha value is -2.38. The summed E-state index contributed by atoms with van der Waals surface area (Å²) in [5.41, 5.74) is 0.257. The zero-order valence-electron chi connectivity index (χ0n) is 15.4. The second-order valence-electron chi connectivity index (χ2n) is 7.22. The Balaban J connectivity index is 1.88. The first-order chi connectivity index (χ1) is 12.8. The van der Waals surface area contributed by atoms with E-state index in [1.165, 1.54) is 23.4 Å². The first-order valence-corrected chi connectivity index (χ1v) is 9.19. The van der Waals surface area contributed by atoms with Crippen molar-refractivity contribution in [2.75, 3.05) is 0 Å². The Morgan fingerprint density at radius 1 is 1.19 bits per heavy atom. The molecule has 0 spiro atoms. The molecule has 0 bridgehead atoms. The number of carbonyl (C=O) groups is 1. The number of nitrogens with zero attached hydrogens (tertiary/aromatic N) is 3. The van der Waals surface area contributed by atoms with Crippen LogP contribution in [0.2, 0.25) is 0 Å². The van der Waals surface area contributed by atoms with Crippen molar-refractivity contribution in [1.29, 1.82) is 0 Å². The quantitative estimate of drug-likeness (QED) is 0.851. The number of pyridine rings is 1. The molecule has 1 fully saturated rings. The van der Waals surface area contributed by atoms with Crippen LogP contribution in [0.15, 0.2) is 24.5 Å². The lowest BCUT2D eigenvalue weighted by molar-refractivity contribution is -0.137. The number of nitrogens with one attached hydrogen (secondary N) is 1. The lowest BCUT2D eigenvalue weighted by Crippen LogP contribution is -2.36. The molecule has 5 nitrogen and oxygen atoms in total. The van der Waals surface area contributed by atoms with Crippen LogP contribution in [0, 0.1) is 0 Å². The van der Waals surface area contributed by atoms with Crippen LogP contribution in [0.4, 0.5) is 13.2 Å². The first-order valence-electron chi connectivity index (χ1n) is 9.19. The fourth-order valence-electron chi connectivity index (χ4n) is 3.46. The van der Waals surface area contributed by atoms with Gasteiger partial charge in [-0.2, -0.15) is 18.3 Å². The third-order valence-corrected chi connectivity index (χ3v) is 4.83. The van der Waals surface area contributed by atoms with E-state index in [9.17, 15) is 18.0 Å². The highest BCUT2D eigenvalue weighted by Gasteiger charge is 2.31. The summed E-state index contributed by atoms with van der Waals surface area (Å²) in [7, 11) is 0. The largest absolute Gasteiger partial charge is 0.417 e. The van der Waals surface area contributed by atoms with Gasteiger partial charge in [-0.15, -0.1) is 0 Å². The SMILES string of the molecule is CC(C)c1c(C(=O)NC2CCCCC2)cnn1-c1ccc(C(F)(F)F)cn1. The summed E-state index contributed by atoms with van der Waals surface area (Å²) in [6, 6.07) is 2.40. The average molecular weight is 380 g/mol. The van der Waals surface area contributed by atoms with Gasteiger partial charge in [-0.05, 0) is 30.9 Å². The van der Waals surface area contributed by atoms with Crippen LogP contribution in [-0.4, -0.2) is 26.7 Å². The van der Waals surface area contributed by atoms with Crippen molar-refractivity contribution in [3.63, 3.8) is 0 Å². The average Bonchev–Trinajstić information content (AvgIpc) is 3.07. The second-order valence-corrected chi connectivity index (χ2v) is 7.22. The van der Waals surface area contributed by atoms with Crippen LogP contribution < -0.4 is 5.32 Å². The van der Waals surface area contributed by atoms with Gasteiger partial charge in [0.1, 0.15) is 0 Å². The Bertz CT molecular complexity index is 790. The predicted octanol–water partition coefficient (Wildman–Crippen LogP) is 4.47. The summed E-state index contributed by atoms with van der Waals surface area (Å²) in [5, 5.41) is 7.29. The molecule has 1 saturated carbocycles. The van der Waals surface area contributed by atoms with Gasteiger partial charge in [-0.3, -0.25) is 4.79 Å². The maximum absolute atomic E-state index is 12.7. The summed E-state index contributed by atoms with van der Waals surface area (Å²) in [5.74, 6) is 0.0101. The molecule has 0 unspecified atom stereocenters. The van der Waals surface area contributed by atoms with E-state index in [1.807, 2.05) is 13.8 Å². The van der Waals surface area contributed by atoms with Crippen LogP contribution in [0.1, 0.15) is 73.5 Å². The predicted molar refractivity (Wildman–Crippen MR) is 94.8 cm³/mol. The summed E-state index contributed by atoms with van der Waals surface area (Å²) < 4.78 is 39.7. The molecule has 1 amide bonds. The van der Waals surface area contributed by atoms with Gasteiger partial charge in [0.25, 0.3) is 5.91 Å². The molecule has 8 heteroatoms. The normalized spacial score (nSPS) is 15.9. The fraction of sp³-hybridized carbons (Fsp3) is 0.526. The molecule has 2 heterocycles. The van der Waals surface area contributed by atoms with Crippen molar-refractivity contribution in [2.45, 2.75) is 64.1 Å². The number of aromatic nitrogens is 3. The topological polar surface area (TPSA) is 59.8 Å². The summed E-state index contributed by atoms with van der Waals surface area (Å²) in [6.07, 6.45) is 3.15. The summed E-state index contributed by atoms with van der Waals surface area (Å²) >= 11 is 0. The van der Waals surface area contributed by atoms with Crippen LogP contribution >= 0.6 is 0 Å². The van der Waals surface area contributed by atoms with Crippen molar-refractivity contribution in [3.8, 4) is 5.82 Å². The van der Waals surface area contributed by atoms with E-state index in [-0.39, 0.29) is 23.7 Å². The molecule has 0 aliphatic heterocycles. The van der Waals surface area contributed by atoms with Crippen LogP contribution in [0.25, 0.3) is 5.82 Å². The molecule has 3 rings (SSSR count). The third-order valence-electron chi connectivity index (χ3n) is 4.83. The van der Waals surface area contributed by atoms with Gasteiger partial charge >= 0.3 is 6.18 Å². The van der Waals surface area contributed by atoms with Gasteiger partial charge in [-0.25, -0.2) is 9.67 Å². The van der Waals surface area contributed by atoms with Gasteiger partial charge in [0, 0.05) is 12.2 Å². The standard InChI is InChI=1S/C19H23F3N4O/c1-12(2)17-15(18(27)25-14-6-4-3-5-7-14)11-24-26(17)16-9-8-13(10-23-16)19(20,21)22/h8-12,14H,3-7H2,1-2H3,(H,25,27). The number of hydrogen-bond donors (Lipinski definition) is 1. The molecule has 2 aromatic heterocycles. The molecule has 1 N–H and O–H groups in total. The highest BCUT2D eigenvalue weighted by atomic mass is 19.4. The molecule has 1 aliphatic rings. The van der Waals surface area contributed by atoms with Crippen LogP contribution in [0.3, 0.4) is 0 Å². The van der Waals surface area contributed by atoms with Gasteiger partial charge in [0.15, 0.2) is 5.82 Å². The van der Waals surface area contributed by atoms with E-state index in [4.69, 9.17) is 0 Å². The molecule has 1 aliphatic carbocycles. The van der Waals surface area contributed by atoms with Gasteiger partial charge in [0.05, 0.1) is 23.0 Å². The van der Waals surface area contributed by atoms with Gasteiger partial charge in [-0.1, -0.05) is 33.1 Å². The van der Waals surface area contributed by atoms with E-state index in [2.05, 4.69) is 15.4 Å². The maximum Gasteiger partial charge on any atom is 0.417 e. The minimum absolute atomic E-state index is 0.0521. The van der Waals surface area contributed by atoms with Crippen molar-refractivity contribution in [3.05, 3.63) is 41.3 Å². The Morgan fingerprint density at radius 2 is 1.89 bits per heavy atom. The minimum Gasteiger partial charge on any atom is -0.349 e. The van der Waals surface area contributed by atoms with Crippen LogP contribution in [-0.2, 0) is 6.18 Å². The molecule has 0 saturated heterocycles.